The van der Waals surface area contributed by atoms with Crippen LogP contribution in [-0.4, -0.2) is 35.7 Å². The number of carboxylic acid groups (broad SMARTS) is 1. The molecule has 1 fully saturated rings. The van der Waals surface area contributed by atoms with Crippen LogP contribution in [0.3, 0.4) is 0 Å². The third-order valence-corrected chi connectivity index (χ3v) is 4.25. The molecule has 0 bridgehead atoms. The number of likely N-dealkylation sites (tertiary alicyclic amines) is 1. The van der Waals surface area contributed by atoms with Crippen molar-refractivity contribution < 1.29 is 14.6 Å². The maximum Gasteiger partial charge on any atom is 0.306 e. The minimum absolute atomic E-state index is 0.259. The van der Waals surface area contributed by atoms with Crippen molar-refractivity contribution in [3.63, 3.8) is 0 Å². The van der Waals surface area contributed by atoms with E-state index in [1.54, 1.807) is 6.92 Å². The number of benzene rings is 1. The van der Waals surface area contributed by atoms with Crippen molar-refractivity contribution in [1.82, 2.24) is 4.90 Å². The number of ether oxygens (including phenoxy) is 1. The molecule has 1 heterocycles. The third kappa shape index (κ3) is 2.96. The van der Waals surface area contributed by atoms with Crippen LogP contribution in [0.1, 0.15) is 32.4 Å². The minimum atomic E-state index is -0.697. The Hall–Kier alpha value is -1.55. The smallest absolute Gasteiger partial charge is 0.306 e. The Morgan fingerprint density at radius 3 is 2.65 bits per heavy atom. The number of hydrogen-bond acceptors (Lipinski definition) is 3. The predicted molar refractivity (Wildman–Crippen MR) is 77.9 cm³/mol. The molecule has 4 heteroatoms. The zero-order chi connectivity index (χ0) is 14.7. The summed E-state index contributed by atoms with van der Waals surface area (Å²) in [5.41, 5.74) is 1.18. The molecule has 0 spiro atoms. The molecule has 0 amide bonds. The van der Waals surface area contributed by atoms with Crippen LogP contribution in [0.25, 0.3) is 0 Å². The van der Waals surface area contributed by atoms with Crippen molar-refractivity contribution in [3.05, 3.63) is 29.8 Å². The van der Waals surface area contributed by atoms with E-state index >= 15 is 0 Å². The van der Waals surface area contributed by atoms with Crippen molar-refractivity contribution in [2.75, 3.05) is 19.7 Å². The van der Waals surface area contributed by atoms with Crippen LogP contribution in [0, 0.1) is 11.8 Å². The van der Waals surface area contributed by atoms with E-state index in [2.05, 4.69) is 17.9 Å². The van der Waals surface area contributed by atoms with Gasteiger partial charge in [0.25, 0.3) is 0 Å². The van der Waals surface area contributed by atoms with E-state index < -0.39 is 5.97 Å². The first-order chi connectivity index (χ1) is 9.54. The molecule has 1 aliphatic heterocycles. The first-order valence-electron chi connectivity index (χ1n) is 7.23. The van der Waals surface area contributed by atoms with Crippen LogP contribution in [0.15, 0.2) is 24.3 Å². The molecule has 0 aromatic heterocycles. The number of aliphatic carboxylic acids is 1. The van der Waals surface area contributed by atoms with Gasteiger partial charge in [-0.1, -0.05) is 25.1 Å². The van der Waals surface area contributed by atoms with Gasteiger partial charge in [0.15, 0.2) is 0 Å². The molecule has 0 radical (unpaired) electrons. The molecule has 0 aliphatic carbocycles. The number of para-hydroxylation sites is 1. The molecule has 0 saturated carbocycles. The lowest BCUT2D eigenvalue weighted by atomic mass is 9.85. The van der Waals surface area contributed by atoms with Gasteiger partial charge in [-0.3, -0.25) is 9.69 Å². The van der Waals surface area contributed by atoms with Gasteiger partial charge in [0, 0.05) is 24.7 Å². The van der Waals surface area contributed by atoms with E-state index in [4.69, 9.17) is 9.84 Å². The molecule has 20 heavy (non-hydrogen) atoms. The average Bonchev–Trinajstić information content (AvgIpc) is 2.37. The number of carboxylic acids is 1. The standard InChI is InChI=1S/C16H23NO3/c1-4-20-15-8-6-5-7-14(15)12(3)17-9-13(10-17)11(2)16(18)19/h5-8,11-13H,4,9-10H2,1-3H3,(H,18,19). The molecule has 110 valence electrons. The van der Waals surface area contributed by atoms with Gasteiger partial charge >= 0.3 is 5.97 Å². The van der Waals surface area contributed by atoms with Gasteiger partial charge in [-0.15, -0.1) is 0 Å². The summed E-state index contributed by atoms with van der Waals surface area (Å²) in [7, 11) is 0. The highest BCUT2D eigenvalue weighted by Gasteiger charge is 2.37. The van der Waals surface area contributed by atoms with E-state index in [-0.39, 0.29) is 17.9 Å². The fraction of sp³-hybridized carbons (Fsp3) is 0.562. The maximum absolute atomic E-state index is 11.0. The van der Waals surface area contributed by atoms with Gasteiger partial charge in [-0.05, 0) is 25.8 Å². The highest BCUT2D eigenvalue weighted by molar-refractivity contribution is 5.70. The van der Waals surface area contributed by atoms with Crippen molar-refractivity contribution in [1.29, 1.82) is 0 Å². The highest BCUT2D eigenvalue weighted by Crippen LogP contribution is 2.35. The highest BCUT2D eigenvalue weighted by atomic mass is 16.5. The Morgan fingerprint density at radius 2 is 2.05 bits per heavy atom. The van der Waals surface area contributed by atoms with Gasteiger partial charge in [-0.2, -0.15) is 0 Å². The van der Waals surface area contributed by atoms with Crippen LogP contribution in [0.4, 0.5) is 0 Å². The van der Waals surface area contributed by atoms with Gasteiger partial charge < -0.3 is 9.84 Å². The second kappa shape index (κ2) is 6.27. The molecular formula is C16H23NO3. The lowest BCUT2D eigenvalue weighted by Gasteiger charge is -2.45. The van der Waals surface area contributed by atoms with E-state index in [0.717, 1.165) is 18.8 Å². The van der Waals surface area contributed by atoms with Gasteiger partial charge in [-0.25, -0.2) is 0 Å². The van der Waals surface area contributed by atoms with E-state index in [1.807, 2.05) is 25.1 Å². The van der Waals surface area contributed by atoms with Crippen molar-refractivity contribution in [2.45, 2.75) is 26.8 Å². The summed E-state index contributed by atoms with van der Waals surface area (Å²) in [5.74, 6) is 0.226. The second-order valence-electron chi connectivity index (χ2n) is 5.49. The molecular weight excluding hydrogens is 254 g/mol. The van der Waals surface area contributed by atoms with Gasteiger partial charge in [0.05, 0.1) is 12.5 Å². The molecule has 2 atom stereocenters. The molecule has 1 saturated heterocycles. The van der Waals surface area contributed by atoms with Gasteiger partial charge in [0.2, 0.25) is 0 Å². The summed E-state index contributed by atoms with van der Waals surface area (Å²) in [6, 6.07) is 8.34. The van der Waals surface area contributed by atoms with Crippen molar-refractivity contribution in [2.24, 2.45) is 11.8 Å². The lowest BCUT2D eigenvalue weighted by molar-refractivity contribution is -0.146. The van der Waals surface area contributed by atoms with Crippen LogP contribution >= 0.6 is 0 Å². The summed E-state index contributed by atoms with van der Waals surface area (Å²) in [5, 5.41) is 9.03. The quantitative estimate of drug-likeness (QED) is 0.868. The molecule has 2 unspecified atom stereocenters. The fourth-order valence-electron chi connectivity index (χ4n) is 2.69. The second-order valence-corrected chi connectivity index (χ2v) is 5.49. The van der Waals surface area contributed by atoms with Crippen molar-refractivity contribution in [3.8, 4) is 5.75 Å². The van der Waals surface area contributed by atoms with Crippen LogP contribution in [-0.2, 0) is 4.79 Å². The Labute approximate surface area is 120 Å². The topological polar surface area (TPSA) is 49.8 Å². The number of rotatable bonds is 6. The minimum Gasteiger partial charge on any atom is -0.494 e. The molecule has 1 N–H and O–H groups in total. The molecule has 2 rings (SSSR count). The molecule has 1 aromatic carbocycles. The summed E-state index contributed by atoms with van der Waals surface area (Å²) >= 11 is 0. The number of carbonyl (C=O) groups is 1. The lowest BCUT2D eigenvalue weighted by Crippen LogP contribution is -2.51. The SMILES string of the molecule is CCOc1ccccc1C(C)N1CC(C(C)C(=O)O)C1. The first-order valence-corrected chi connectivity index (χ1v) is 7.23. The summed E-state index contributed by atoms with van der Waals surface area (Å²) in [6.07, 6.45) is 0. The zero-order valence-electron chi connectivity index (χ0n) is 12.4. The van der Waals surface area contributed by atoms with E-state index in [0.29, 0.717) is 6.61 Å². The maximum atomic E-state index is 11.0. The number of nitrogens with zero attached hydrogens (tertiary/aromatic N) is 1. The Balaban J connectivity index is 2.00. The summed E-state index contributed by atoms with van der Waals surface area (Å²) in [4.78, 5) is 13.3. The van der Waals surface area contributed by atoms with Gasteiger partial charge in [0.1, 0.15) is 5.75 Å². The molecule has 1 aliphatic rings. The zero-order valence-corrected chi connectivity index (χ0v) is 12.4. The average molecular weight is 277 g/mol. The monoisotopic (exact) mass is 277 g/mol. The Kier molecular flexibility index (Phi) is 4.65. The Bertz CT molecular complexity index is 469. The van der Waals surface area contributed by atoms with E-state index in [9.17, 15) is 4.79 Å². The predicted octanol–water partition coefficient (Wildman–Crippen LogP) is 2.80. The number of hydrogen-bond donors (Lipinski definition) is 1. The largest absolute Gasteiger partial charge is 0.494 e. The fourth-order valence-corrected chi connectivity index (χ4v) is 2.69. The van der Waals surface area contributed by atoms with Crippen molar-refractivity contribution >= 4 is 5.97 Å². The van der Waals surface area contributed by atoms with E-state index in [1.165, 1.54) is 5.56 Å². The van der Waals surface area contributed by atoms with Crippen LogP contribution in [0.5, 0.6) is 5.75 Å². The third-order valence-electron chi connectivity index (χ3n) is 4.25. The summed E-state index contributed by atoms with van der Waals surface area (Å²) in [6.45, 7) is 8.27. The normalized spacial score (nSPS) is 19.1. The Morgan fingerprint density at radius 1 is 1.40 bits per heavy atom. The summed E-state index contributed by atoms with van der Waals surface area (Å²) < 4.78 is 5.67. The first kappa shape index (κ1) is 14.9. The molecule has 1 aromatic rings. The van der Waals surface area contributed by atoms with Crippen LogP contribution < -0.4 is 4.74 Å². The van der Waals surface area contributed by atoms with Crippen LogP contribution in [0.2, 0.25) is 0 Å². The molecule has 4 nitrogen and oxygen atoms in total.